The summed E-state index contributed by atoms with van der Waals surface area (Å²) in [5.41, 5.74) is 3.07. The summed E-state index contributed by atoms with van der Waals surface area (Å²) in [4.78, 5) is 12.3. The zero-order valence-corrected chi connectivity index (χ0v) is 12.8. The molecule has 4 aromatic heterocycles. The van der Waals surface area contributed by atoms with Gasteiger partial charge in [0.25, 0.3) is 0 Å². The van der Waals surface area contributed by atoms with Gasteiger partial charge in [-0.2, -0.15) is 0 Å². The van der Waals surface area contributed by atoms with Crippen LogP contribution in [0.5, 0.6) is 0 Å². The van der Waals surface area contributed by atoms with E-state index in [-0.39, 0.29) is 0 Å². The number of hydrogen-bond acceptors (Lipinski definition) is 3. The number of aromatic nitrogens is 6. The topological polar surface area (TPSA) is 50.3 Å². The second-order valence-electron chi connectivity index (χ2n) is 5.18. The van der Waals surface area contributed by atoms with Gasteiger partial charge in [-0.3, -0.25) is 15.0 Å². The highest BCUT2D eigenvalue weighted by atomic mass is 15.2. The van der Waals surface area contributed by atoms with E-state index in [1.165, 1.54) is 0 Å². The molecule has 6 heteroatoms. The molecule has 0 unspecified atom stereocenters. The summed E-state index contributed by atoms with van der Waals surface area (Å²) in [5.74, 6) is 0. The molecule has 24 heavy (non-hydrogen) atoms. The Morgan fingerprint density at radius 1 is 0.417 bits per heavy atom. The normalized spacial score (nSPS) is 10.5. The van der Waals surface area contributed by atoms with Gasteiger partial charge in [0.15, 0.2) is 0 Å². The molecule has 0 N–H and O–H groups in total. The minimum absolute atomic E-state index is 1.02. The number of rotatable bonds is 3. The van der Waals surface area contributed by atoms with Gasteiger partial charge in [0.05, 0.1) is 0 Å². The second-order valence-corrected chi connectivity index (χ2v) is 5.18. The fraction of sp³-hybridized carbons (Fsp3) is 0. The molecule has 0 aromatic carbocycles. The third-order valence-electron chi connectivity index (χ3n) is 3.63. The van der Waals surface area contributed by atoms with Crippen LogP contribution in [0.1, 0.15) is 0 Å². The van der Waals surface area contributed by atoms with E-state index in [9.17, 15) is 0 Å². The molecule has 0 bridgehead atoms. The molecule has 0 aliphatic heterocycles. The highest BCUT2D eigenvalue weighted by Crippen LogP contribution is 1.98. The first-order chi connectivity index (χ1) is 11.9. The molecule has 0 aliphatic rings. The van der Waals surface area contributed by atoms with Crippen molar-refractivity contribution in [3.8, 4) is 17.1 Å². The molecular weight excluding hydrogens is 300 g/mol. The predicted octanol–water partition coefficient (Wildman–Crippen LogP) is 0.702. The lowest BCUT2D eigenvalue weighted by atomic mass is 10.4. The van der Waals surface area contributed by atoms with Gasteiger partial charge in [-0.05, 0) is 0 Å². The smallest absolute Gasteiger partial charge is 0.264 e. The van der Waals surface area contributed by atoms with E-state index in [0.29, 0.717) is 0 Å². The molecule has 0 aliphatic carbocycles. The minimum Gasteiger partial charge on any atom is -0.264 e. The Morgan fingerprint density at radius 2 is 0.667 bits per heavy atom. The summed E-state index contributed by atoms with van der Waals surface area (Å²) in [7, 11) is 0. The summed E-state index contributed by atoms with van der Waals surface area (Å²) < 4.78 is 6.13. The lowest BCUT2D eigenvalue weighted by molar-refractivity contribution is -0.858. The van der Waals surface area contributed by atoms with Crippen LogP contribution in [0.25, 0.3) is 17.1 Å². The van der Waals surface area contributed by atoms with Crippen molar-refractivity contribution >= 4 is 0 Å². The third kappa shape index (κ3) is 2.85. The minimum atomic E-state index is 1.02. The van der Waals surface area contributed by atoms with E-state index in [4.69, 9.17) is 0 Å². The fourth-order valence-electron chi connectivity index (χ4n) is 2.44. The maximum atomic E-state index is 4.09. The lowest BCUT2D eigenvalue weighted by Crippen LogP contribution is -2.55. The van der Waals surface area contributed by atoms with Gasteiger partial charge in [-0.25, -0.2) is 0 Å². The largest absolute Gasteiger partial charge is 0.428 e. The van der Waals surface area contributed by atoms with E-state index in [1.54, 1.807) is 37.2 Å². The molecule has 0 spiro atoms. The average molecular weight is 315 g/mol. The van der Waals surface area contributed by atoms with E-state index in [0.717, 1.165) is 17.1 Å². The first kappa shape index (κ1) is 14.1. The van der Waals surface area contributed by atoms with Gasteiger partial charge in [0.2, 0.25) is 17.1 Å². The monoisotopic (exact) mass is 315 g/mol. The van der Waals surface area contributed by atoms with Crippen molar-refractivity contribution in [3.05, 3.63) is 92.6 Å². The van der Waals surface area contributed by atoms with Crippen molar-refractivity contribution in [2.24, 2.45) is 0 Å². The van der Waals surface area contributed by atoms with Crippen LogP contribution in [0.3, 0.4) is 0 Å². The third-order valence-corrected chi connectivity index (χ3v) is 3.63. The van der Waals surface area contributed by atoms with Gasteiger partial charge >= 0.3 is 19.0 Å². The average Bonchev–Trinajstić information content (AvgIpc) is 2.70. The summed E-state index contributed by atoms with van der Waals surface area (Å²) in [6.45, 7) is 0. The summed E-state index contributed by atoms with van der Waals surface area (Å²) in [5, 5.41) is 0. The zero-order valence-electron chi connectivity index (χ0n) is 12.8. The Labute approximate surface area is 139 Å². The van der Waals surface area contributed by atoms with Crippen LogP contribution in [-0.2, 0) is 0 Å². The molecule has 0 saturated heterocycles. The Kier molecular flexibility index (Phi) is 3.69. The summed E-state index contributed by atoms with van der Waals surface area (Å²) in [6.07, 6.45) is 16.7. The van der Waals surface area contributed by atoms with Crippen molar-refractivity contribution in [3.63, 3.8) is 0 Å². The Balaban J connectivity index is 1.92. The number of hydrogen-bond donors (Lipinski definition) is 0. The van der Waals surface area contributed by atoms with E-state index in [2.05, 4.69) is 15.0 Å². The van der Waals surface area contributed by atoms with Gasteiger partial charge in [0, 0.05) is 73.6 Å². The van der Waals surface area contributed by atoms with E-state index in [1.807, 2.05) is 69.1 Å². The molecule has 0 fully saturated rings. The summed E-state index contributed by atoms with van der Waals surface area (Å²) in [6, 6.07) is 11.8. The van der Waals surface area contributed by atoms with Crippen LogP contribution in [0.2, 0.25) is 0 Å². The van der Waals surface area contributed by atoms with Gasteiger partial charge in [0.1, 0.15) is 0 Å². The standard InChI is InChI=1S/C18H15N6/c1-7-19-8-2-16(1)22-13-23(17-3-9-20-10-4-17)15-24(14-22)18-5-11-21-12-6-18/h1-15H/q+3. The Bertz CT molecular complexity index is 803. The van der Waals surface area contributed by atoms with Crippen LogP contribution in [0.4, 0.5) is 0 Å². The molecule has 4 aromatic rings. The summed E-state index contributed by atoms with van der Waals surface area (Å²) >= 11 is 0. The molecule has 4 rings (SSSR count). The van der Waals surface area contributed by atoms with Gasteiger partial charge in [-0.1, -0.05) is 13.7 Å². The van der Waals surface area contributed by atoms with E-state index >= 15 is 0 Å². The molecule has 6 nitrogen and oxygen atoms in total. The van der Waals surface area contributed by atoms with Crippen LogP contribution < -0.4 is 13.7 Å². The number of pyridine rings is 3. The quantitative estimate of drug-likeness (QED) is 0.523. The number of nitrogens with zero attached hydrogens (tertiary/aromatic N) is 6. The SMILES string of the molecule is c1cc(-[n+]2c[n+](-c3ccncc3)c[n+](-c3ccncc3)c2)ccn1. The maximum Gasteiger partial charge on any atom is 0.428 e. The van der Waals surface area contributed by atoms with Crippen molar-refractivity contribution in [1.29, 1.82) is 0 Å². The highest BCUT2D eigenvalue weighted by Gasteiger charge is 2.24. The van der Waals surface area contributed by atoms with Crippen molar-refractivity contribution in [2.45, 2.75) is 0 Å². The van der Waals surface area contributed by atoms with Crippen LogP contribution in [-0.4, -0.2) is 15.0 Å². The zero-order chi connectivity index (χ0) is 16.2. The van der Waals surface area contributed by atoms with Gasteiger partial charge < -0.3 is 0 Å². The maximum absolute atomic E-state index is 4.09. The van der Waals surface area contributed by atoms with Crippen molar-refractivity contribution < 1.29 is 13.7 Å². The molecule has 0 amide bonds. The molecule has 114 valence electrons. The molecule has 0 atom stereocenters. The Morgan fingerprint density at radius 3 is 0.917 bits per heavy atom. The van der Waals surface area contributed by atoms with Gasteiger partial charge in [-0.15, -0.1) is 0 Å². The van der Waals surface area contributed by atoms with E-state index < -0.39 is 0 Å². The van der Waals surface area contributed by atoms with Crippen molar-refractivity contribution in [1.82, 2.24) is 15.0 Å². The van der Waals surface area contributed by atoms with Crippen LogP contribution >= 0.6 is 0 Å². The molecule has 0 radical (unpaired) electrons. The first-order valence-corrected chi connectivity index (χ1v) is 7.50. The highest BCUT2D eigenvalue weighted by molar-refractivity contribution is 5.19. The lowest BCUT2D eigenvalue weighted by Gasteiger charge is -1.96. The fourth-order valence-corrected chi connectivity index (χ4v) is 2.44. The molecule has 0 saturated carbocycles. The van der Waals surface area contributed by atoms with Crippen LogP contribution in [0.15, 0.2) is 92.6 Å². The first-order valence-electron chi connectivity index (χ1n) is 7.50. The molecular formula is C18H15N6+3. The van der Waals surface area contributed by atoms with Crippen LogP contribution in [0, 0.1) is 0 Å². The Hall–Kier alpha value is -3.54. The van der Waals surface area contributed by atoms with Crippen molar-refractivity contribution in [2.75, 3.05) is 0 Å². The predicted molar refractivity (Wildman–Crippen MR) is 84.4 cm³/mol. The second kappa shape index (κ2) is 6.29. The molecule has 4 heterocycles.